The van der Waals surface area contributed by atoms with E-state index in [2.05, 4.69) is 9.97 Å². The summed E-state index contributed by atoms with van der Waals surface area (Å²) in [5.74, 6) is 1.40. The van der Waals surface area contributed by atoms with Crippen LogP contribution in [0.15, 0.2) is 53.9 Å². The van der Waals surface area contributed by atoms with Gasteiger partial charge in [0.2, 0.25) is 12.7 Å². The van der Waals surface area contributed by atoms with E-state index < -0.39 is 5.41 Å². The molecule has 0 bridgehead atoms. The maximum Gasteiger partial charge on any atom is 0.248 e. The Morgan fingerprint density at radius 3 is 2.57 bits per heavy atom. The second kappa shape index (κ2) is 6.79. The van der Waals surface area contributed by atoms with Gasteiger partial charge in [-0.2, -0.15) is 5.10 Å². The fourth-order valence-electron chi connectivity index (χ4n) is 3.74. The Morgan fingerprint density at radius 1 is 1.00 bits per heavy atom. The van der Waals surface area contributed by atoms with Crippen LogP contribution in [0.25, 0.3) is 11.0 Å². The number of rotatable bonds is 2. The smallest absolute Gasteiger partial charge is 0.248 e. The highest BCUT2D eigenvalue weighted by molar-refractivity contribution is 6.04. The van der Waals surface area contributed by atoms with Crippen molar-refractivity contribution in [1.82, 2.24) is 15.0 Å². The molecule has 1 aromatic heterocycles. The summed E-state index contributed by atoms with van der Waals surface area (Å²) in [5, 5.41) is 6.38. The molecule has 0 saturated heterocycles. The van der Waals surface area contributed by atoms with Crippen LogP contribution in [-0.4, -0.2) is 33.4 Å². The maximum absolute atomic E-state index is 13.2. The highest BCUT2D eigenvalue weighted by Crippen LogP contribution is 2.39. The Balaban J connectivity index is 1.55. The monoisotopic (exact) mass is 402 g/mol. The van der Waals surface area contributed by atoms with Crippen LogP contribution in [0.3, 0.4) is 0 Å². The van der Waals surface area contributed by atoms with Gasteiger partial charge in [-0.05, 0) is 35.9 Å². The summed E-state index contributed by atoms with van der Waals surface area (Å²) in [6.45, 7) is 5.95. The summed E-state index contributed by atoms with van der Waals surface area (Å²) in [5.41, 5.74) is 3.83. The Bertz CT molecular complexity index is 1180. The summed E-state index contributed by atoms with van der Waals surface area (Å²) in [7, 11) is 0. The molecule has 1 atom stereocenters. The third-order valence-electron chi connectivity index (χ3n) is 5.34. The Hall–Kier alpha value is -3.48. The minimum atomic E-state index is -0.553. The second-order valence-electron chi connectivity index (χ2n) is 8.54. The zero-order valence-electron chi connectivity index (χ0n) is 17.1. The minimum absolute atomic E-state index is 0.0255. The molecule has 3 aromatic rings. The molecule has 7 heteroatoms. The number of carbonyl (C=O) groups is 1. The molecule has 7 nitrogen and oxygen atoms in total. The molecule has 0 unspecified atom stereocenters. The first kappa shape index (κ1) is 18.5. The number of ether oxygens (including phenoxy) is 2. The zero-order valence-corrected chi connectivity index (χ0v) is 17.1. The van der Waals surface area contributed by atoms with E-state index in [0.29, 0.717) is 12.2 Å². The topological polar surface area (TPSA) is 76.9 Å². The fraction of sp³-hybridized carbons (Fsp3) is 0.304. The van der Waals surface area contributed by atoms with Crippen molar-refractivity contribution in [3.63, 3.8) is 0 Å². The molecule has 30 heavy (non-hydrogen) atoms. The Kier molecular flexibility index (Phi) is 4.20. The molecule has 0 spiro atoms. The van der Waals surface area contributed by atoms with Crippen LogP contribution in [0.4, 0.5) is 0 Å². The fourth-order valence-corrected chi connectivity index (χ4v) is 3.74. The third kappa shape index (κ3) is 3.16. The first-order chi connectivity index (χ1) is 14.4. The molecule has 3 heterocycles. The van der Waals surface area contributed by atoms with Gasteiger partial charge in [-0.1, -0.05) is 26.8 Å². The molecule has 2 aromatic carbocycles. The van der Waals surface area contributed by atoms with E-state index in [9.17, 15) is 4.79 Å². The number of benzene rings is 2. The predicted molar refractivity (Wildman–Crippen MR) is 112 cm³/mol. The normalized spacial score (nSPS) is 18.0. The van der Waals surface area contributed by atoms with Crippen LogP contribution < -0.4 is 9.47 Å². The van der Waals surface area contributed by atoms with Crippen LogP contribution in [0.2, 0.25) is 0 Å². The van der Waals surface area contributed by atoms with Crippen LogP contribution in [0.5, 0.6) is 11.5 Å². The zero-order chi connectivity index (χ0) is 20.9. The minimum Gasteiger partial charge on any atom is -0.454 e. The predicted octanol–water partition coefficient (Wildman–Crippen LogP) is 4.08. The average molecular weight is 402 g/mol. The third-order valence-corrected chi connectivity index (χ3v) is 5.34. The van der Waals surface area contributed by atoms with Crippen molar-refractivity contribution in [1.29, 1.82) is 0 Å². The SMILES string of the molecule is CC(C)(C)C(=O)N1N=C(c2ccc3c(c2)OCO3)C[C@H]1c1ccc2nccnc2c1. The number of hydrogen-bond acceptors (Lipinski definition) is 6. The van der Waals surface area contributed by atoms with Crippen LogP contribution in [-0.2, 0) is 4.79 Å². The second-order valence-corrected chi connectivity index (χ2v) is 8.54. The number of hydrazone groups is 1. The van der Waals surface area contributed by atoms with Gasteiger partial charge in [-0.25, -0.2) is 5.01 Å². The van der Waals surface area contributed by atoms with E-state index in [0.717, 1.165) is 33.6 Å². The van der Waals surface area contributed by atoms with Crippen molar-refractivity contribution in [3.05, 3.63) is 59.9 Å². The van der Waals surface area contributed by atoms with E-state index in [1.807, 2.05) is 57.2 Å². The maximum atomic E-state index is 13.2. The van der Waals surface area contributed by atoms with Crippen molar-refractivity contribution >= 4 is 22.7 Å². The molecule has 2 aliphatic rings. The first-order valence-electron chi connectivity index (χ1n) is 9.92. The molecule has 0 saturated carbocycles. The van der Waals surface area contributed by atoms with E-state index in [-0.39, 0.29) is 18.7 Å². The molecule has 1 amide bonds. The summed E-state index contributed by atoms with van der Waals surface area (Å²) >= 11 is 0. The highest BCUT2D eigenvalue weighted by Gasteiger charge is 2.38. The lowest BCUT2D eigenvalue weighted by Gasteiger charge is -2.28. The van der Waals surface area contributed by atoms with Crippen molar-refractivity contribution in [3.8, 4) is 11.5 Å². The summed E-state index contributed by atoms with van der Waals surface area (Å²) in [4.78, 5) is 22.0. The molecule has 0 fully saturated rings. The number of nitrogens with zero attached hydrogens (tertiary/aromatic N) is 4. The van der Waals surface area contributed by atoms with E-state index >= 15 is 0 Å². The number of carbonyl (C=O) groups excluding carboxylic acids is 1. The lowest BCUT2D eigenvalue weighted by molar-refractivity contribution is -0.141. The molecule has 0 radical (unpaired) electrons. The van der Waals surface area contributed by atoms with Gasteiger partial charge in [0.05, 0.1) is 22.8 Å². The molecule has 0 N–H and O–H groups in total. The van der Waals surface area contributed by atoms with Crippen molar-refractivity contribution < 1.29 is 14.3 Å². The summed E-state index contributed by atoms with van der Waals surface area (Å²) in [6, 6.07) is 11.5. The quantitative estimate of drug-likeness (QED) is 0.645. The van der Waals surface area contributed by atoms with Gasteiger partial charge in [0.15, 0.2) is 11.5 Å². The van der Waals surface area contributed by atoms with E-state index in [1.54, 1.807) is 17.4 Å². The summed E-state index contributed by atoms with van der Waals surface area (Å²) < 4.78 is 10.9. The van der Waals surface area contributed by atoms with Gasteiger partial charge in [-0.15, -0.1) is 0 Å². The van der Waals surface area contributed by atoms with Crippen molar-refractivity contribution in [2.24, 2.45) is 10.5 Å². The van der Waals surface area contributed by atoms with Gasteiger partial charge in [0, 0.05) is 29.8 Å². The van der Waals surface area contributed by atoms with Gasteiger partial charge in [-0.3, -0.25) is 14.8 Å². The number of hydrogen-bond donors (Lipinski definition) is 0. The van der Waals surface area contributed by atoms with Crippen molar-refractivity contribution in [2.75, 3.05) is 6.79 Å². The molecule has 0 aliphatic carbocycles. The Labute approximate surface area is 174 Å². The summed E-state index contributed by atoms with van der Waals surface area (Å²) in [6.07, 6.45) is 3.95. The standard InChI is InChI=1S/C23H22N4O3/c1-23(2,3)22(28)27-19(15-4-6-16-18(10-15)25-9-8-24-16)12-17(26-27)14-5-7-20-21(11-14)30-13-29-20/h4-11,19H,12-13H2,1-3H3/t19-/m0/s1. The molecular formula is C23H22N4O3. The van der Waals surface area contributed by atoms with Gasteiger partial charge >= 0.3 is 0 Å². The van der Waals surface area contributed by atoms with Gasteiger partial charge in [0.1, 0.15) is 0 Å². The average Bonchev–Trinajstić information content (AvgIpc) is 3.38. The highest BCUT2D eigenvalue weighted by atomic mass is 16.7. The molecule has 2 aliphatic heterocycles. The first-order valence-corrected chi connectivity index (χ1v) is 9.92. The Morgan fingerprint density at radius 2 is 1.77 bits per heavy atom. The number of amides is 1. The number of fused-ring (bicyclic) bond motifs is 2. The lowest BCUT2D eigenvalue weighted by Crippen LogP contribution is -2.36. The van der Waals surface area contributed by atoms with Gasteiger partial charge < -0.3 is 9.47 Å². The largest absolute Gasteiger partial charge is 0.454 e. The van der Waals surface area contributed by atoms with Gasteiger partial charge in [0.25, 0.3) is 0 Å². The molecule has 5 rings (SSSR count). The molecular weight excluding hydrogens is 380 g/mol. The number of aromatic nitrogens is 2. The lowest BCUT2D eigenvalue weighted by atomic mass is 9.92. The van der Waals surface area contributed by atoms with Crippen LogP contribution in [0.1, 0.15) is 44.4 Å². The van der Waals surface area contributed by atoms with Crippen LogP contribution >= 0.6 is 0 Å². The molecule has 152 valence electrons. The van der Waals surface area contributed by atoms with E-state index in [1.165, 1.54) is 0 Å². The van der Waals surface area contributed by atoms with E-state index in [4.69, 9.17) is 14.6 Å². The van der Waals surface area contributed by atoms with Crippen molar-refractivity contribution in [2.45, 2.75) is 33.2 Å². The van der Waals surface area contributed by atoms with Crippen LogP contribution in [0, 0.1) is 5.41 Å².